The Labute approximate surface area is 153 Å². The molecule has 0 atom stereocenters. The van der Waals surface area contributed by atoms with Crippen LogP contribution >= 0.6 is 0 Å². The lowest BCUT2D eigenvalue weighted by Gasteiger charge is -2.12. The van der Waals surface area contributed by atoms with Gasteiger partial charge in [0.1, 0.15) is 0 Å². The van der Waals surface area contributed by atoms with Crippen molar-refractivity contribution in [3.63, 3.8) is 0 Å². The van der Waals surface area contributed by atoms with Gasteiger partial charge in [0.25, 0.3) is 0 Å². The molecule has 0 saturated carbocycles. The summed E-state index contributed by atoms with van der Waals surface area (Å²) in [6.07, 6.45) is 3.12. The number of ether oxygens (including phenoxy) is 2. The summed E-state index contributed by atoms with van der Waals surface area (Å²) in [5.74, 6) is 1.45. The average Bonchev–Trinajstić information content (AvgIpc) is 2.63. The van der Waals surface area contributed by atoms with Crippen LogP contribution in [0.25, 0.3) is 0 Å². The van der Waals surface area contributed by atoms with Crippen molar-refractivity contribution in [2.24, 2.45) is 4.99 Å². The fourth-order valence-corrected chi connectivity index (χ4v) is 2.41. The molecule has 0 heterocycles. The first kappa shape index (κ1) is 21.5. The Bertz CT molecular complexity index is 472. The smallest absolute Gasteiger partial charge is 0.190 e. The largest absolute Gasteiger partial charge is 0.382 e. The minimum absolute atomic E-state index is 0.593. The molecule has 1 rings (SSSR count). The number of methoxy groups -OCH3 is 1. The molecule has 1 aromatic rings. The van der Waals surface area contributed by atoms with Crippen LogP contribution in [0.3, 0.4) is 0 Å². The first-order valence-electron chi connectivity index (χ1n) is 9.27. The van der Waals surface area contributed by atoms with Crippen molar-refractivity contribution >= 4 is 5.96 Å². The van der Waals surface area contributed by atoms with E-state index in [1.807, 2.05) is 0 Å². The Morgan fingerprint density at radius 3 is 2.28 bits per heavy atom. The molecular weight excluding hydrogens is 314 g/mol. The van der Waals surface area contributed by atoms with Crippen LogP contribution in [0.5, 0.6) is 0 Å². The summed E-state index contributed by atoms with van der Waals surface area (Å²) in [7, 11) is 3.48. The standard InChI is InChI=1S/C20H35N3O2/c1-17(2)19-10-8-18(9-11-19)7-5-12-22-20(21-3)23-13-6-14-25-16-15-24-4/h8-11,17H,5-7,12-16H2,1-4H3,(H2,21,22,23). The molecule has 0 bridgehead atoms. The van der Waals surface area contributed by atoms with Crippen LogP contribution in [0.1, 0.15) is 43.7 Å². The molecule has 0 fully saturated rings. The summed E-state index contributed by atoms with van der Waals surface area (Å²) in [4.78, 5) is 4.24. The van der Waals surface area contributed by atoms with Crippen molar-refractivity contribution in [2.75, 3.05) is 47.1 Å². The van der Waals surface area contributed by atoms with Crippen molar-refractivity contribution in [1.29, 1.82) is 0 Å². The van der Waals surface area contributed by atoms with E-state index in [2.05, 4.69) is 53.7 Å². The van der Waals surface area contributed by atoms with E-state index in [1.54, 1.807) is 14.2 Å². The molecule has 0 aromatic heterocycles. The molecule has 0 aliphatic rings. The van der Waals surface area contributed by atoms with Crippen LogP contribution < -0.4 is 10.6 Å². The number of aryl methyl sites for hydroxylation is 1. The van der Waals surface area contributed by atoms with E-state index >= 15 is 0 Å². The second kappa shape index (κ2) is 13.7. The molecule has 0 saturated heterocycles. The number of nitrogens with zero attached hydrogens (tertiary/aromatic N) is 1. The lowest BCUT2D eigenvalue weighted by atomic mass is 10.0. The quantitative estimate of drug-likeness (QED) is 0.346. The molecule has 5 nitrogen and oxygen atoms in total. The van der Waals surface area contributed by atoms with Gasteiger partial charge in [0, 0.05) is 33.9 Å². The third-order valence-electron chi connectivity index (χ3n) is 3.99. The van der Waals surface area contributed by atoms with Gasteiger partial charge in [-0.05, 0) is 36.3 Å². The monoisotopic (exact) mass is 349 g/mol. The summed E-state index contributed by atoms with van der Waals surface area (Å²) < 4.78 is 10.4. The average molecular weight is 350 g/mol. The number of hydrogen-bond donors (Lipinski definition) is 2. The zero-order chi connectivity index (χ0) is 18.3. The van der Waals surface area contributed by atoms with Gasteiger partial charge < -0.3 is 20.1 Å². The van der Waals surface area contributed by atoms with Crippen LogP contribution in [0, 0.1) is 0 Å². The Kier molecular flexibility index (Phi) is 11.7. The zero-order valence-electron chi connectivity index (χ0n) is 16.3. The minimum atomic E-state index is 0.593. The fourth-order valence-electron chi connectivity index (χ4n) is 2.41. The third kappa shape index (κ3) is 10.1. The normalized spacial score (nSPS) is 11.8. The number of hydrogen-bond acceptors (Lipinski definition) is 3. The molecule has 25 heavy (non-hydrogen) atoms. The molecule has 2 N–H and O–H groups in total. The molecule has 0 radical (unpaired) electrons. The Balaban J connectivity index is 2.10. The lowest BCUT2D eigenvalue weighted by Crippen LogP contribution is -2.38. The number of rotatable bonds is 12. The molecule has 0 amide bonds. The maximum atomic E-state index is 5.43. The summed E-state index contributed by atoms with van der Waals surface area (Å²) in [6.45, 7) is 8.25. The molecule has 0 unspecified atom stereocenters. The van der Waals surface area contributed by atoms with Crippen LogP contribution in [-0.4, -0.2) is 53.0 Å². The maximum Gasteiger partial charge on any atom is 0.190 e. The number of aliphatic imine (C=N–C) groups is 1. The van der Waals surface area contributed by atoms with Gasteiger partial charge in [-0.2, -0.15) is 0 Å². The fraction of sp³-hybridized carbons (Fsp3) is 0.650. The first-order chi connectivity index (χ1) is 12.2. The highest BCUT2D eigenvalue weighted by molar-refractivity contribution is 5.79. The van der Waals surface area contributed by atoms with Crippen LogP contribution in [0.4, 0.5) is 0 Å². The third-order valence-corrected chi connectivity index (χ3v) is 3.99. The molecule has 0 aliphatic carbocycles. The van der Waals surface area contributed by atoms with Gasteiger partial charge in [-0.15, -0.1) is 0 Å². The van der Waals surface area contributed by atoms with Gasteiger partial charge in [-0.3, -0.25) is 4.99 Å². The molecule has 0 spiro atoms. The SMILES string of the molecule is CN=C(NCCCOCCOC)NCCCc1ccc(C(C)C)cc1. The topological polar surface area (TPSA) is 54.9 Å². The summed E-state index contributed by atoms with van der Waals surface area (Å²) in [5, 5.41) is 6.67. The van der Waals surface area contributed by atoms with Crippen LogP contribution in [0.2, 0.25) is 0 Å². The Morgan fingerprint density at radius 1 is 1.00 bits per heavy atom. The van der Waals surface area contributed by atoms with Gasteiger partial charge in [-0.25, -0.2) is 0 Å². The van der Waals surface area contributed by atoms with Crippen LogP contribution in [-0.2, 0) is 15.9 Å². The second-order valence-electron chi connectivity index (χ2n) is 6.38. The lowest BCUT2D eigenvalue weighted by molar-refractivity contribution is 0.0698. The highest BCUT2D eigenvalue weighted by Crippen LogP contribution is 2.15. The van der Waals surface area contributed by atoms with Gasteiger partial charge in [0.2, 0.25) is 0 Å². The van der Waals surface area contributed by atoms with Crippen molar-refractivity contribution in [3.8, 4) is 0 Å². The van der Waals surface area contributed by atoms with E-state index in [9.17, 15) is 0 Å². The predicted octanol–water partition coefficient (Wildman–Crippen LogP) is 2.96. The molecular formula is C20H35N3O2. The van der Waals surface area contributed by atoms with Gasteiger partial charge >= 0.3 is 0 Å². The predicted molar refractivity (Wildman–Crippen MR) is 106 cm³/mol. The van der Waals surface area contributed by atoms with Crippen molar-refractivity contribution in [1.82, 2.24) is 10.6 Å². The van der Waals surface area contributed by atoms with Crippen LogP contribution in [0.15, 0.2) is 29.3 Å². The van der Waals surface area contributed by atoms with Crippen molar-refractivity contribution < 1.29 is 9.47 Å². The number of nitrogens with one attached hydrogen (secondary N) is 2. The van der Waals surface area contributed by atoms with E-state index < -0.39 is 0 Å². The second-order valence-corrected chi connectivity index (χ2v) is 6.38. The van der Waals surface area contributed by atoms with Gasteiger partial charge in [0.05, 0.1) is 13.2 Å². The van der Waals surface area contributed by atoms with E-state index in [4.69, 9.17) is 9.47 Å². The van der Waals surface area contributed by atoms with Gasteiger partial charge in [0.15, 0.2) is 5.96 Å². The zero-order valence-corrected chi connectivity index (χ0v) is 16.3. The summed E-state index contributed by atoms with van der Waals surface area (Å²) >= 11 is 0. The molecule has 1 aromatic carbocycles. The minimum Gasteiger partial charge on any atom is -0.382 e. The summed E-state index contributed by atoms with van der Waals surface area (Å²) in [5.41, 5.74) is 2.79. The molecule has 0 aliphatic heterocycles. The number of benzene rings is 1. The molecule has 142 valence electrons. The Hall–Kier alpha value is -1.59. The molecule has 5 heteroatoms. The van der Waals surface area contributed by atoms with E-state index in [1.165, 1.54) is 11.1 Å². The van der Waals surface area contributed by atoms with Crippen molar-refractivity contribution in [2.45, 2.75) is 39.0 Å². The number of guanidine groups is 1. The van der Waals surface area contributed by atoms with E-state index in [0.717, 1.165) is 44.9 Å². The first-order valence-corrected chi connectivity index (χ1v) is 9.27. The van der Waals surface area contributed by atoms with Gasteiger partial charge in [-0.1, -0.05) is 38.1 Å². The highest BCUT2D eigenvalue weighted by atomic mass is 16.5. The highest BCUT2D eigenvalue weighted by Gasteiger charge is 2.00. The van der Waals surface area contributed by atoms with Crippen molar-refractivity contribution in [3.05, 3.63) is 35.4 Å². The van der Waals surface area contributed by atoms with E-state index in [-0.39, 0.29) is 0 Å². The summed E-state index contributed by atoms with van der Waals surface area (Å²) in [6, 6.07) is 8.96. The van der Waals surface area contributed by atoms with E-state index in [0.29, 0.717) is 19.1 Å². The maximum absolute atomic E-state index is 5.43. The Morgan fingerprint density at radius 2 is 1.68 bits per heavy atom.